The van der Waals surface area contributed by atoms with E-state index in [0.29, 0.717) is 25.4 Å². The van der Waals surface area contributed by atoms with Gasteiger partial charge in [-0.2, -0.15) is 0 Å². The standard InChI is InChI=1S/C16H22O4S/c1-4-19-14(17)10-11-21-15(16(18)20-5-2)13-8-6-12(3)7-9-13/h6-9,15H,4-5,10-11H2,1-3H3. The first-order valence-electron chi connectivity index (χ1n) is 7.08. The lowest BCUT2D eigenvalue weighted by Gasteiger charge is -2.15. The summed E-state index contributed by atoms with van der Waals surface area (Å²) in [6.45, 7) is 6.28. The second-order valence-electron chi connectivity index (χ2n) is 4.47. The molecule has 0 aliphatic heterocycles. The second kappa shape index (κ2) is 9.45. The average Bonchev–Trinajstić information content (AvgIpc) is 2.45. The largest absolute Gasteiger partial charge is 0.466 e. The van der Waals surface area contributed by atoms with Gasteiger partial charge in [-0.15, -0.1) is 11.8 Å². The highest BCUT2D eigenvalue weighted by atomic mass is 32.2. The van der Waals surface area contributed by atoms with Crippen LogP contribution in [0.5, 0.6) is 0 Å². The Morgan fingerprint density at radius 1 is 1.10 bits per heavy atom. The van der Waals surface area contributed by atoms with Crippen LogP contribution in [0.2, 0.25) is 0 Å². The number of benzene rings is 1. The summed E-state index contributed by atoms with van der Waals surface area (Å²) in [5.74, 6) is 0.0163. The molecule has 0 amide bonds. The number of carbonyl (C=O) groups excluding carboxylic acids is 2. The number of rotatable bonds is 8. The Labute approximate surface area is 130 Å². The number of hydrogen-bond donors (Lipinski definition) is 0. The Balaban J connectivity index is 2.67. The maximum atomic E-state index is 12.1. The van der Waals surface area contributed by atoms with E-state index in [1.807, 2.05) is 31.2 Å². The van der Waals surface area contributed by atoms with Crippen molar-refractivity contribution < 1.29 is 19.1 Å². The second-order valence-corrected chi connectivity index (χ2v) is 5.68. The van der Waals surface area contributed by atoms with Crippen LogP contribution in [-0.2, 0) is 19.1 Å². The van der Waals surface area contributed by atoms with Crippen LogP contribution in [-0.4, -0.2) is 30.9 Å². The first-order chi connectivity index (χ1) is 10.1. The molecule has 0 bridgehead atoms. The molecule has 0 heterocycles. The third-order valence-electron chi connectivity index (χ3n) is 2.78. The summed E-state index contributed by atoms with van der Waals surface area (Å²) in [6, 6.07) is 7.78. The summed E-state index contributed by atoms with van der Waals surface area (Å²) in [5, 5.41) is -0.403. The lowest BCUT2D eigenvalue weighted by Crippen LogP contribution is -2.14. The van der Waals surface area contributed by atoms with Gasteiger partial charge in [-0.25, -0.2) is 0 Å². The van der Waals surface area contributed by atoms with Gasteiger partial charge in [-0.05, 0) is 26.3 Å². The number of carbonyl (C=O) groups is 2. The summed E-state index contributed by atoms with van der Waals surface area (Å²) in [5.41, 5.74) is 2.03. The van der Waals surface area contributed by atoms with Crippen LogP contribution >= 0.6 is 11.8 Å². The van der Waals surface area contributed by atoms with Crippen LogP contribution in [0.4, 0.5) is 0 Å². The third kappa shape index (κ3) is 6.21. The monoisotopic (exact) mass is 310 g/mol. The maximum Gasteiger partial charge on any atom is 0.323 e. The zero-order chi connectivity index (χ0) is 15.7. The molecule has 0 saturated carbocycles. The van der Waals surface area contributed by atoms with Gasteiger partial charge in [0.05, 0.1) is 19.6 Å². The smallest absolute Gasteiger partial charge is 0.323 e. The highest BCUT2D eigenvalue weighted by Gasteiger charge is 2.22. The van der Waals surface area contributed by atoms with Crippen molar-refractivity contribution in [3.63, 3.8) is 0 Å². The van der Waals surface area contributed by atoms with E-state index in [9.17, 15) is 9.59 Å². The van der Waals surface area contributed by atoms with E-state index in [4.69, 9.17) is 9.47 Å². The maximum absolute atomic E-state index is 12.1. The molecule has 1 aromatic carbocycles. The molecule has 0 aliphatic rings. The molecule has 1 unspecified atom stereocenters. The van der Waals surface area contributed by atoms with E-state index in [1.54, 1.807) is 13.8 Å². The fourth-order valence-electron chi connectivity index (χ4n) is 1.75. The SMILES string of the molecule is CCOC(=O)CCSC(C(=O)OCC)c1ccc(C)cc1. The van der Waals surface area contributed by atoms with Crippen molar-refractivity contribution >= 4 is 23.7 Å². The van der Waals surface area contributed by atoms with Crippen LogP contribution in [0.15, 0.2) is 24.3 Å². The van der Waals surface area contributed by atoms with Crippen molar-refractivity contribution in [2.45, 2.75) is 32.4 Å². The predicted molar refractivity (Wildman–Crippen MR) is 84.3 cm³/mol. The van der Waals surface area contributed by atoms with Crippen LogP contribution < -0.4 is 0 Å². The number of thioether (sulfide) groups is 1. The third-order valence-corrected chi connectivity index (χ3v) is 4.01. The molecule has 0 radical (unpaired) electrons. The quantitative estimate of drug-likeness (QED) is 0.690. The fourth-order valence-corrected chi connectivity index (χ4v) is 2.83. The molecule has 0 aliphatic carbocycles. The zero-order valence-corrected chi connectivity index (χ0v) is 13.6. The van der Waals surface area contributed by atoms with Gasteiger partial charge in [0.25, 0.3) is 0 Å². The summed E-state index contributed by atoms with van der Waals surface area (Å²) in [7, 11) is 0. The van der Waals surface area contributed by atoms with E-state index < -0.39 is 5.25 Å². The minimum Gasteiger partial charge on any atom is -0.466 e. The molecule has 5 heteroatoms. The topological polar surface area (TPSA) is 52.6 Å². The van der Waals surface area contributed by atoms with E-state index >= 15 is 0 Å². The molecule has 1 atom stereocenters. The predicted octanol–water partition coefficient (Wildman–Crippen LogP) is 3.29. The van der Waals surface area contributed by atoms with E-state index in [2.05, 4.69) is 0 Å². The lowest BCUT2D eigenvalue weighted by molar-refractivity contribution is -0.143. The van der Waals surface area contributed by atoms with Crippen molar-refractivity contribution in [3.8, 4) is 0 Å². The lowest BCUT2D eigenvalue weighted by atomic mass is 10.1. The highest BCUT2D eigenvalue weighted by Crippen LogP contribution is 2.31. The van der Waals surface area contributed by atoms with Gasteiger partial charge in [0.1, 0.15) is 5.25 Å². The van der Waals surface area contributed by atoms with Gasteiger partial charge in [-0.3, -0.25) is 9.59 Å². The number of hydrogen-bond acceptors (Lipinski definition) is 5. The summed E-state index contributed by atoms with van der Waals surface area (Å²) < 4.78 is 10.0. The fraction of sp³-hybridized carbons (Fsp3) is 0.500. The average molecular weight is 310 g/mol. The van der Waals surface area contributed by atoms with Gasteiger partial charge in [-0.1, -0.05) is 29.8 Å². The Hall–Kier alpha value is -1.49. The number of ether oxygens (including phenoxy) is 2. The Kier molecular flexibility index (Phi) is 7.90. The first kappa shape index (κ1) is 17.6. The number of esters is 2. The minimum atomic E-state index is -0.403. The van der Waals surface area contributed by atoms with Crippen molar-refractivity contribution in [1.82, 2.24) is 0 Å². The van der Waals surface area contributed by atoms with Crippen LogP contribution in [0, 0.1) is 6.92 Å². The zero-order valence-electron chi connectivity index (χ0n) is 12.8. The molecular weight excluding hydrogens is 288 g/mol. The minimum absolute atomic E-state index is 0.239. The molecule has 116 valence electrons. The van der Waals surface area contributed by atoms with E-state index in [-0.39, 0.29) is 11.9 Å². The molecule has 0 fully saturated rings. The molecule has 21 heavy (non-hydrogen) atoms. The van der Waals surface area contributed by atoms with E-state index in [0.717, 1.165) is 11.1 Å². The van der Waals surface area contributed by atoms with Crippen LogP contribution in [0.25, 0.3) is 0 Å². The molecule has 0 aromatic heterocycles. The molecule has 0 spiro atoms. The van der Waals surface area contributed by atoms with Gasteiger partial charge in [0.2, 0.25) is 0 Å². The van der Waals surface area contributed by atoms with Gasteiger partial charge in [0.15, 0.2) is 0 Å². The molecule has 1 aromatic rings. The number of aryl methyl sites for hydroxylation is 1. The van der Waals surface area contributed by atoms with Crippen molar-refractivity contribution in [2.75, 3.05) is 19.0 Å². The van der Waals surface area contributed by atoms with Crippen molar-refractivity contribution in [3.05, 3.63) is 35.4 Å². The summed E-state index contributed by atoms with van der Waals surface area (Å²) >= 11 is 1.41. The summed E-state index contributed by atoms with van der Waals surface area (Å²) in [6.07, 6.45) is 0.292. The van der Waals surface area contributed by atoms with Crippen molar-refractivity contribution in [1.29, 1.82) is 0 Å². The molecular formula is C16H22O4S. The molecule has 1 rings (SSSR count). The normalized spacial score (nSPS) is 11.8. The van der Waals surface area contributed by atoms with Gasteiger partial charge in [0, 0.05) is 5.75 Å². The molecule has 0 saturated heterocycles. The Morgan fingerprint density at radius 2 is 1.71 bits per heavy atom. The first-order valence-corrected chi connectivity index (χ1v) is 8.13. The Bertz CT molecular complexity index is 456. The summed E-state index contributed by atoms with van der Waals surface area (Å²) in [4.78, 5) is 23.4. The Morgan fingerprint density at radius 3 is 2.29 bits per heavy atom. The molecule has 4 nitrogen and oxygen atoms in total. The van der Waals surface area contributed by atoms with E-state index in [1.165, 1.54) is 11.8 Å². The van der Waals surface area contributed by atoms with Crippen LogP contribution in [0.3, 0.4) is 0 Å². The van der Waals surface area contributed by atoms with Crippen molar-refractivity contribution in [2.24, 2.45) is 0 Å². The highest BCUT2D eigenvalue weighted by molar-refractivity contribution is 8.00. The van der Waals surface area contributed by atoms with Gasteiger partial charge >= 0.3 is 11.9 Å². The van der Waals surface area contributed by atoms with Crippen LogP contribution in [0.1, 0.15) is 36.6 Å². The van der Waals surface area contributed by atoms with Gasteiger partial charge < -0.3 is 9.47 Å². The molecule has 0 N–H and O–H groups in total.